The van der Waals surface area contributed by atoms with Gasteiger partial charge in [0.2, 0.25) is 0 Å². The monoisotopic (exact) mass is 1120 g/mol. The van der Waals surface area contributed by atoms with Gasteiger partial charge in [0.25, 0.3) is 0 Å². The van der Waals surface area contributed by atoms with Gasteiger partial charge in [-0.3, -0.25) is 0 Å². The molecule has 0 radical (unpaired) electrons. The minimum absolute atomic E-state index is 0.126. The fourth-order valence-corrected chi connectivity index (χ4v) is 9.43. The second kappa shape index (κ2) is 26.3. The number of aliphatic hydroxyl groups excluding tert-OH is 20. The number of nitrogens with zero attached hydrogens (tertiary/aromatic N) is 1. The van der Waals surface area contributed by atoms with E-state index < -0.39 is 224 Å². The maximum Gasteiger partial charge on any atom is 0.335 e. The average molecular weight is 1120 g/mol. The Kier molecular flexibility index (Phi) is 21.0. The number of imidazole rings is 1. The minimum Gasteiger partial charge on any atom is -0.478 e. The molecular weight excluding hydrogens is 1060 g/mol. The molecule has 34 nitrogen and oxygen atoms in total. The molecule has 34 heteroatoms. The molecule has 12 unspecified atom stereocenters. The van der Waals surface area contributed by atoms with Crippen LogP contribution >= 0.6 is 0 Å². The molecule has 1 aromatic carbocycles. The number of benzene rings is 1. The Morgan fingerprint density at radius 3 is 1.25 bits per heavy atom. The molecule has 0 amide bonds. The fourth-order valence-electron chi connectivity index (χ4n) is 9.43. The quantitative estimate of drug-likeness (QED) is 0.0552. The van der Waals surface area contributed by atoms with Crippen molar-refractivity contribution >= 4 is 17.0 Å². The van der Waals surface area contributed by atoms with E-state index in [-0.39, 0.29) is 22.4 Å². The first kappa shape index (κ1) is 61.6. The molecular formula is C43H66N2O32. The van der Waals surface area contributed by atoms with Crippen molar-refractivity contribution in [2.45, 2.75) is 178 Å². The van der Waals surface area contributed by atoms with E-state index in [2.05, 4.69) is 9.97 Å². The van der Waals surface area contributed by atoms with E-state index in [0.29, 0.717) is 0 Å². The van der Waals surface area contributed by atoms with Crippen molar-refractivity contribution in [1.29, 1.82) is 0 Å². The highest BCUT2D eigenvalue weighted by atomic mass is 16.8. The summed E-state index contributed by atoms with van der Waals surface area (Å²) in [4.78, 5) is 18.1. The van der Waals surface area contributed by atoms with Crippen LogP contribution < -0.4 is 0 Å². The Morgan fingerprint density at radius 1 is 0.506 bits per heavy atom. The van der Waals surface area contributed by atoms with Crippen LogP contribution in [0.5, 0.6) is 0 Å². The third-order valence-corrected chi connectivity index (χ3v) is 13.8. The van der Waals surface area contributed by atoms with Crippen LogP contribution in [0.1, 0.15) is 22.3 Å². The van der Waals surface area contributed by atoms with Crippen LogP contribution in [0.15, 0.2) is 18.2 Å². The van der Waals surface area contributed by atoms with Crippen LogP contribution in [-0.4, -0.2) is 335 Å². The summed E-state index contributed by atoms with van der Waals surface area (Å²) in [5.41, 5.74) is 0.141. The highest BCUT2D eigenvalue weighted by Gasteiger charge is 2.57. The molecule has 5 saturated heterocycles. The van der Waals surface area contributed by atoms with Crippen molar-refractivity contribution < 1.29 is 159 Å². The molecule has 0 spiro atoms. The van der Waals surface area contributed by atoms with Gasteiger partial charge in [-0.1, -0.05) is 0 Å². The zero-order valence-corrected chi connectivity index (χ0v) is 40.0. The number of nitrogens with one attached hydrogen (secondary N) is 1. The number of aromatic amines is 1. The summed E-state index contributed by atoms with van der Waals surface area (Å²) in [6.45, 7) is -6.10. The van der Waals surface area contributed by atoms with Crippen LogP contribution in [-0.2, 0) is 47.4 Å². The lowest BCUT2D eigenvalue weighted by molar-refractivity contribution is -0.394. The van der Waals surface area contributed by atoms with Gasteiger partial charge in [-0.05, 0) is 18.2 Å². The summed E-state index contributed by atoms with van der Waals surface area (Å²) in [6, 6.07) is 3.72. The number of hydrogen-bond acceptors (Lipinski definition) is 32. The summed E-state index contributed by atoms with van der Waals surface area (Å²) in [5.74, 6) is -1.63. The van der Waals surface area contributed by atoms with Gasteiger partial charge in [0, 0.05) is 0 Å². The first-order chi connectivity index (χ1) is 36.5. The Labute approximate surface area is 433 Å². The molecule has 6 heterocycles. The predicted molar refractivity (Wildman–Crippen MR) is 236 cm³/mol. The lowest BCUT2D eigenvalue weighted by Crippen LogP contribution is -2.68. The standard InChI is InChI=1S/C43H66N2O32/c46-4-13(52)32(21(55)26(60)37-44-11-2-1-10(38(66)67)3-12(11)45-37)73-40-28(62)22(56)34(15(6-48)69-40)75-42-30(64)24(58)36(17(8-50)71-42)77-43-31(65)25(59)35(18(9-51)72-43)76-41-29(63)23(57)33(16(7-49)70-41)74-39-27(61)20(54)19(53)14(5-47)68-39/h1-3,13-36,39-43,46-65H,4-9H2,(H,44,45)(H,66,67)/t13?,14?,15?,16?,17?,18?,19-,20?,21-,22?,23?,24?,25?,26?,27+,28+,29+,30+,31+,32-,33-,34-,35-,36-,39-,40-,41-,42-,43-/m1/s1. The number of carbonyl (C=O) groups is 1. The van der Waals surface area contributed by atoms with E-state index in [1.54, 1.807) is 0 Å². The Balaban J connectivity index is 0.966. The van der Waals surface area contributed by atoms with E-state index in [9.17, 15) is 112 Å². The molecule has 0 bridgehead atoms. The number of hydrogen-bond donors (Lipinski definition) is 22. The Hall–Kier alpha value is -3.04. The highest BCUT2D eigenvalue weighted by molar-refractivity contribution is 5.92. The third-order valence-electron chi connectivity index (χ3n) is 13.8. The zero-order chi connectivity index (χ0) is 56.5. The summed E-state index contributed by atoms with van der Waals surface area (Å²) in [7, 11) is 0. The summed E-state index contributed by atoms with van der Waals surface area (Å²) < 4.78 is 55.8. The van der Waals surface area contributed by atoms with E-state index in [0.717, 1.165) is 0 Å². The van der Waals surface area contributed by atoms with E-state index in [1.165, 1.54) is 18.2 Å². The molecule has 0 aliphatic carbocycles. The number of carboxylic acid groups (broad SMARTS) is 1. The largest absolute Gasteiger partial charge is 0.478 e. The van der Waals surface area contributed by atoms with Crippen LogP contribution in [0.3, 0.4) is 0 Å². The molecule has 5 fully saturated rings. The van der Waals surface area contributed by atoms with Gasteiger partial charge in [-0.15, -0.1) is 0 Å². The average Bonchev–Trinajstić information content (AvgIpc) is 3.87. The number of carboxylic acids is 1. The summed E-state index contributed by atoms with van der Waals surface area (Å²) in [5, 5.41) is 223. The second-order valence-electron chi connectivity index (χ2n) is 18.9. The Morgan fingerprint density at radius 2 is 0.870 bits per heavy atom. The lowest BCUT2D eigenvalue weighted by atomic mass is 9.95. The maximum atomic E-state index is 11.4. The first-order valence-corrected chi connectivity index (χ1v) is 24.0. The van der Waals surface area contributed by atoms with E-state index >= 15 is 0 Å². The van der Waals surface area contributed by atoms with Gasteiger partial charge in [0.1, 0.15) is 152 Å². The minimum atomic E-state index is -2.23. The lowest BCUT2D eigenvalue weighted by Gasteiger charge is -2.49. The summed E-state index contributed by atoms with van der Waals surface area (Å²) >= 11 is 0. The normalized spacial score (nSPS) is 43.7. The highest BCUT2D eigenvalue weighted by Crippen LogP contribution is 2.37. The smallest absolute Gasteiger partial charge is 0.335 e. The van der Waals surface area contributed by atoms with E-state index in [4.69, 9.17) is 47.4 Å². The molecule has 5 aliphatic heterocycles. The topological polar surface area (TPSA) is 563 Å². The van der Waals surface area contributed by atoms with Crippen LogP contribution in [0.25, 0.3) is 11.0 Å². The van der Waals surface area contributed by atoms with Gasteiger partial charge in [0.15, 0.2) is 31.5 Å². The van der Waals surface area contributed by atoms with Crippen LogP contribution in [0.4, 0.5) is 0 Å². The molecule has 22 N–H and O–H groups in total. The molecule has 440 valence electrons. The molecule has 0 saturated carbocycles. The maximum absolute atomic E-state index is 11.4. The number of rotatable bonds is 21. The zero-order valence-electron chi connectivity index (χ0n) is 40.0. The van der Waals surface area contributed by atoms with E-state index in [1.807, 2.05) is 0 Å². The van der Waals surface area contributed by atoms with Crippen molar-refractivity contribution in [3.8, 4) is 0 Å². The number of aliphatic hydroxyl groups is 20. The second-order valence-corrected chi connectivity index (χ2v) is 18.9. The molecule has 77 heavy (non-hydrogen) atoms. The molecule has 5 aliphatic rings. The van der Waals surface area contributed by atoms with Gasteiger partial charge >= 0.3 is 5.97 Å². The number of aromatic nitrogens is 2. The van der Waals surface area contributed by atoms with Crippen molar-refractivity contribution in [2.75, 3.05) is 39.6 Å². The fraction of sp³-hybridized carbons (Fsp3) is 0.814. The number of ether oxygens (including phenoxy) is 10. The van der Waals surface area contributed by atoms with Crippen molar-refractivity contribution in [3.05, 3.63) is 29.6 Å². The van der Waals surface area contributed by atoms with Crippen LogP contribution in [0, 0.1) is 0 Å². The predicted octanol–water partition coefficient (Wildman–Crippen LogP) is -12.5. The summed E-state index contributed by atoms with van der Waals surface area (Å²) in [6.07, 6.45) is -57.2. The number of aromatic carboxylic acids is 1. The Bertz CT molecular complexity index is 2170. The number of H-pyrrole nitrogens is 1. The third kappa shape index (κ3) is 12.7. The van der Waals surface area contributed by atoms with Gasteiger partial charge in [0.05, 0.1) is 56.2 Å². The van der Waals surface area contributed by atoms with Crippen molar-refractivity contribution in [2.24, 2.45) is 0 Å². The molecule has 29 atom stereocenters. The van der Waals surface area contributed by atoms with Gasteiger partial charge < -0.3 is 160 Å². The van der Waals surface area contributed by atoms with Crippen LogP contribution in [0.2, 0.25) is 0 Å². The van der Waals surface area contributed by atoms with Gasteiger partial charge in [-0.25, -0.2) is 9.78 Å². The molecule has 2 aromatic rings. The van der Waals surface area contributed by atoms with Crippen molar-refractivity contribution in [3.63, 3.8) is 0 Å². The molecule has 1 aromatic heterocycles. The number of fused-ring (bicyclic) bond motifs is 1. The van der Waals surface area contributed by atoms with Gasteiger partial charge in [-0.2, -0.15) is 0 Å². The van der Waals surface area contributed by atoms with Crippen molar-refractivity contribution in [1.82, 2.24) is 9.97 Å². The first-order valence-electron chi connectivity index (χ1n) is 24.0. The SMILES string of the molecule is O=C(O)c1ccc2nc(C(O)[C@@H](O)[C@H](O[C@H]3OC(CO)[C@@H](O[C@H]4OC(CO)[C@@H](O[C@H]5OC(CO)[C@@H](O[C@H]6OC(CO)[C@@H](O[C@H]7OC(CO)[C@@H](O)C(O)[C@@H]7O)C(O)[C@@H]6O)C(O)[C@@H]5O)C(O)[C@@H]4O)C(O)[C@@H]3O)C(O)CO)[nH]c2c1. The molecule has 7 rings (SSSR count).